The SMILES string of the molecule is Fc1ccc(Cn2cc(NC(=S)Nc3cnn(Cc4ccc(F)cc4Cl)c3)cn2)cc1. The van der Waals surface area contributed by atoms with Crippen LogP contribution < -0.4 is 10.6 Å². The lowest BCUT2D eigenvalue weighted by Gasteiger charge is -2.07. The van der Waals surface area contributed by atoms with Crippen LogP contribution in [-0.4, -0.2) is 24.7 Å². The molecule has 0 amide bonds. The molecule has 31 heavy (non-hydrogen) atoms. The Hall–Kier alpha value is -3.30. The molecule has 0 spiro atoms. The summed E-state index contributed by atoms with van der Waals surface area (Å²) in [6, 6.07) is 10.5. The highest BCUT2D eigenvalue weighted by atomic mass is 35.5. The third kappa shape index (κ3) is 5.65. The summed E-state index contributed by atoms with van der Waals surface area (Å²) in [5.74, 6) is -0.652. The van der Waals surface area contributed by atoms with Gasteiger partial charge in [-0.25, -0.2) is 8.78 Å². The molecule has 0 aliphatic rings. The second kappa shape index (κ2) is 9.23. The fraction of sp³-hybridized carbons (Fsp3) is 0.0952. The molecule has 0 unspecified atom stereocenters. The van der Waals surface area contributed by atoms with E-state index in [0.29, 0.717) is 34.6 Å². The van der Waals surface area contributed by atoms with Crippen LogP contribution in [0.3, 0.4) is 0 Å². The molecule has 6 nitrogen and oxygen atoms in total. The molecule has 0 bridgehead atoms. The summed E-state index contributed by atoms with van der Waals surface area (Å²) in [7, 11) is 0. The predicted molar refractivity (Wildman–Crippen MR) is 120 cm³/mol. The van der Waals surface area contributed by atoms with Gasteiger partial charge < -0.3 is 10.6 Å². The molecule has 0 saturated heterocycles. The lowest BCUT2D eigenvalue weighted by molar-refractivity contribution is 0.624. The van der Waals surface area contributed by atoms with Gasteiger partial charge in [-0.05, 0) is 47.6 Å². The van der Waals surface area contributed by atoms with Crippen LogP contribution in [0.5, 0.6) is 0 Å². The first kappa shape index (κ1) is 21.0. The van der Waals surface area contributed by atoms with Gasteiger partial charge in [0.1, 0.15) is 11.6 Å². The lowest BCUT2D eigenvalue weighted by Crippen LogP contribution is -2.18. The standard InChI is InChI=1S/C21H17ClF2N6S/c22-20-7-17(24)6-3-15(20)11-30-13-19(9-26-30)28-21(31)27-18-8-25-29(12-18)10-14-1-4-16(23)5-2-14/h1-9,12-13H,10-11H2,(H2,27,28,31). The average molecular weight is 459 g/mol. The molecular weight excluding hydrogens is 442 g/mol. The summed E-state index contributed by atoms with van der Waals surface area (Å²) >= 11 is 11.4. The number of rotatable bonds is 6. The summed E-state index contributed by atoms with van der Waals surface area (Å²) in [6.07, 6.45) is 6.85. The zero-order chi connectivity index (χ0) is 21.8. The average Bonchev–Trinajstić information content (AvgIpc) is 3.35. The van der Waals surface area contributed by atoms with E-state index < -0.39 is 0 Å². The Balaban J connectivity index is 1.32. The molecule has 0 fully saturated rings. The van der Waals surface area contributed by atoms with Crippen molar-refractivity contribution in [1.29, 1.82) is 0 Å². The van der Waals surface area contributed by atoms with Gasteiger partial charge in [-0.15, -0.1) is 0 Å². The van der Waals surface area contributed by atoms with Crippen molar-refractivity contribution in [2.45, 2.75) is 13.1 Å². The highest BCUT2D eigenvalue weighted by Gasteiger charge is 2.07. The minimum absolute atomic E-state index is 0.271. The summed E-state index contributed by atoms with van der Waals surface area (Å²) in [5.41, 5.74) is 3.09. The molecule has 0 radical (unpaired) electrons. The molecule has 10 heteroatoms. The van der Waals surface area contributed by atoms with E-state index in [1.807, 2.05) is 0 Å². The second-order valence-electron chi connectivity index (χ2n) is 6.79. The van der Waals surface area contributed by atoms with Gasteiger partial charge in [0, 0.05) is 17.4 Å². The van der Waals surface area contributed by atoms with Crippen molar-refractivity contribution in [1.82, 2.24) is 19.6 Å². The van der Waals surface area contributed by atoms with Crippen LogP contribution in [0, 0.1) is 11.6 Å². The number of anilines is 2. The molecular formula is C21H17ClF2N6S. The van der Waals surface area contributed by atoms with Crippen LogP contribution in [0.1, 0.15) is 11.1 Å². The van der Waals surface area contributed by atoms with E-state index in [9.17, 15) is 8.78 Å². The topological polar surface area (TPSA) is 59.7 Å². The Bertz CT molecular complexity index is 1200. The highest BCUT2D eigenvalue weighted by Crippen LogP contribution is 2.19. The number of aromatic nitrogens is 4. The van der Waals surface area contributed by atoms with Gasteiger partial charge in [0.05, 0.1) is 36.9 Å². The van der Waals surface area contributed by atoms with Crippen LogP contribution in [0.25, 0.3) is 0 Å². The van der Waals surface area contributed by atoms with Gasteiger partial charge in [0.2, 0.25) is 0 Å². The van der Waals surface area contributed by atoms with Crippen molar-refractivity contribution in [2.24, 2.45) is 0 Å². The first-order valence-electron chi connectivity index (χ1n) is 9.26. The van der Waals surface area contributed by atoms with Crippen LogP contribution in [0.4, 0.5) is 20.2 Å². The van der Waals surface area contributed by atoms with E-state index >= 15 is 0 Å². The monoisotopic (exact) mass is 458 g/mol. The summed E-state index contributed by atoms with van der Waals surface area (Å²) in [6.45, 7) is 0.915. The largest absolute Gasteiger partial charge is 0.330 e. The minimum Gasteiger partial charge on any atom is -0.330 e. The van der Waals surface area contributed by atoms with Crippen LogP contribution in [0.2, 0.25) is 5.02 Å². The van der Waals surface area contributed by atoms with E-state index in [0.717, 1.165) is 11.1 Å². The fourth-order valence-electron chi connectivity index (χ4n) is 2.92. The number of thiocarbonyl (C=S) groups is 1. The maximum absolute atomic E-state index is 13.2. The number of hydrogen-bond donors (Lipinski definition) is 2. The summed E-state index contributed by atoms with van der Waals surface area (Å²) < 4.78 is 29.6. The Kier molecular flexibility index (Phi) is 6.24. The van der Waals surface area contributed by atoms with E-state index in [-0.39, 0.29) is 11.6 Å². The van der Waals surface area contributed by atoms with Crippen LogP contribution in [-0.2, 0) is 13.1 Å². The minimum atomic E-state index is -0.381. The van der Waals surface area contributed by atoms with Gasteiger partial charge >= 0.3 is 0 Å². The predicted octanol–water partition coefficient (Wildman–Crippen LogP) is 4.92. The Morgan fingerprint density at radius 3 is 2.06 bits per heavy atom. The molecule has 2 aromatic heterocycles. The van der Waals surface area contributed by atoms with E-state index in [1.54, 1.807) is 52.4 Å². The van der Waals surface area contributed by atoms with Crippen molar-refractivity contribution in [3.8, 4) is 0 Å². The van der Waals surface area contributed by atoms with Gasteiger partial charge in [-0.1, -0.05) is 29.8 Å². The van der Waals surface area contributed by atoms with Crippen molar-refractivity contribution >= 4 is 40.3 Å². The van der Waals surface area contributed by atoms with Crippen LogP contribution >= 0.6 is 23.8 Å². The number of nitrogens with zero attached hydrogens (tertiary/aromatic N) is 4. The van der Waals surface area contributed by atoms with Gasteiger partial charge in [-0.3, -0.25) is 9.36 Å². The van der Waals surface area contributed by atoms with Gasteiger partial charge in [0.15, 0.2) is 5.11 Å². The molecule has 158 valence electrons. The zero-order valence-electron chi connectivity index (χ0n) is 16.1. The van der Waals surface area contributed by atoms with E-state index in [2.05, 4.69) is 20.8 Å². The number of nitrogens with one attached hydrogen (secondary N) is 2. The quantitative estimate of drug-likeness (QED) is 0.402. The van der Waals surface area contributed by atoms with Crippen molar-refractivity contribution < 1.29 is 8.78 Å². The molecule has 0 aliphatic carbocycles. The maximum atomic E-state index is 13.2. The normalized spacial score (nSPS) is 10.8. The summed E-state index contributed by atoms with van der Waals surface area (Å²) in [5, 5.41) is 15.4. The first-order chi connectivity index (χ1) is 14.9. The molecule has 0 atom stereocenters. The zero-order valence-corrected chi connectivity index (χ0v) is 17.7. The second-order valence-corrected chi connectivity index (χ2v) is 7.61. The Morgan fingerprint density at radius 1 is 0.871 bits per heavy atom. The molecule has 0 aliphatic heterocycles. The smallest absolute Gasteiger partial charge is 0.175 e. The Labute approximate surface area is 187 Å². The van der Waals surface area contributed by atoms with Crippen LogP contribution in [0.15, 0.2) is 67.3 Å². The molecule has 2 N–H and O–H groups in total. The van der Waals surface area contributed by atoms with Crippen molar-refractivity contribution in [3.63, 3.8) is 0 Å². The van der Waals surface area contributed by atoms with Gasteiger partial charge in [0.25, 0.3) is 0 Å². The Morgan fingerprint density at radius 2 is 1.45 bits per heavy atom. The molecule has 4 rings (SSSR count). The third-order valence-corrected chi connectivity index (χ3v) is 4.94. The number of halogens is 3. The molecule has 0 saturated carbocycles. The van der Waals surface area contributed by atoms with E-state index in [1.165, 1.54) is 24.3 Å². The van der Waals surface area contributed by atoms with Crippen molar-refractivity contribution in [2.75, 3.05) is 10.6 Å². The highest BCUT2D eigenvalue weighted by molar-refractivity contribution is 7.80. The molecule has 2 heterocycles. The number of benzene rings is 2. The van der Waals surface area contributed by atoms with Gasteiger partial charge in [-0.2, -0.15) is 10.2 Å². The van der Waals surface area contributed by atoms with Crippen molar-refractivity contribution in [3.05, 3.63) is 95.0 Å². The first-order valence-corrected chi connectivity index (χ1v) is 10.0. The lowest BCUT2D eigenvalue weighted by atomic mass is 10.2. The maximum Gasteiger partial charge on any atom is 0.175 e. The molecule has 4 aromatic rings. The fourth-order valence-corrected chi connectivity index (χ4v) is 3.39. The van der Waals surface area contributed by atoms with E-state index in [4.69, 9.17) is 23.8 Å². The summed E-state index contributed by atoms with van der Waals surface area (Å²) in [4.78, 5) is 0. The molecule has 2 aromatic carbocycles. The number of hydrogen-bond acceptors (Lipinski definition) is 3. The third-order valence-electron chi connectivity index (χ3n) is 4.39.